The van der Waals surface area contributed by atoms with Gasteiger partial charge in [-0.15, -0.1) is 11.3 Å². The monoisotopic (exact) mass is 287 g/mol. The second-order valence-corrected chi connectivity index (χ2v) is 7.79. The molecule has 6 heteroatoms. The van der Waals surface area contributed by atoms with Gasteiger partial charge in [-0.2, -0.15) is 4.31 Å². The number of aryl methyl sites for hydroxylation is 1. The summed E-state index contributed by atoms with van der Waals surface area (Å²) in [7, 11) is -3.40. The van der Waals surface area contributed by atoms with Gasteiger partial charge in [0.1, 0.15) is 4.21 Å². The van der Waals surface area contributed by atoms with Gasteiger partial charge in [0.25, 0.3) is 10.0 Å². The molecule has 1 aliphatic heterocycles. The van der Waals surface area contributed by atoms with Crippen LogP contribution in [-0.4, -0.2) is 30.9 Å². The number of nitrogens with zero attached hydrogens (tertiary/aromatic N) is 1. The van der Waals surface area contributed by atoms with Crippen molar-refractivity contribution < 1.29 is 13.5 Å². The molecule has 0 bridgehead atoms. The Balaban J connectivity index is 2.30. The predicted octanol–water partition coefficient (Wildman–Crippen LogP) is 1.89. The summed E-state index contributed by atoms with van der Waals surface area (Å²) in [6.07, 6.45) is 2.74. The second kappa shape index (κ2) is 5.13. The van der Waals surface area contributed by atoms with Crippen molar-refractivity contribution in [2.75, 3.05) is 13.1 Å². The smallest absolute Gasteiger partial charge is 0.252 e. The van der Waals surface area contributed by atoms with Gasteiger partial charge < -0.3 is 5.11 Å². The summed E-state index contributed by atoms with van der Waals surface area (Å²) in [6, 6.07) is 1.65. The van der Waals surface area contributed by atoms with E-state index in [0.717, 1.165) is 28.2 Å². The average Bonchev–Trinajstić information content (AvgIpc) is 2.72. The largest absolute Gasteiger partial charge is 0.391 e. The fraction of sp³-hybridized carbons (Fsp3) is 0.500. The van der Waals surface area contributed by atoms with Crippen LogP contribution in [0.1, 0.15) is 23.8 Å². The lowest BCUT2D eigenvalue weighted by Gasteiger charge is -2.23. The molecule has 0 aromatic carbocycles. The standard InChI is InChI=1S/C12H17NO3S2/c1-9-3-5-13(6-4-9)18(15,16)12-7-10(2)11(8-14)17-12/h3,7,14H,4-6,8H2,1-2H3. The van der Waals surface area contributed by atoms with E-state index in [1.165, 1.54) is 9.88 Å². The van der Waals surface area contributed by atoms with Gasteiger partial charge in [-0.25, -0.2) is 8.42 Å². The van der Waals surface area contributed by atoms with Gasteiger partial charge in [0.05, 0.1) is 6.61 Å². The van der Waals surface area contributed by atoms with Crippen molar-refractivity contribution in [2.45, 2.75) is 31.1 Å². The van der Waals surface area contributed by atoms with Gasteiger partial charge in [0.2, 0.25) is 0 Å². The van der Waals surface area contributed by atoms with Gasteiger partial charge >= 0.3 is 0 Å². The van der Waals surface area contributed by atoms with Crippen LogP contribution < -0.4 is 0 Å². The first-order valence-corrected chi connectivity index (χ1v) is 8.06. The molecule has 4 nitrogen and oxygen atoms in total. The van der Waals surface area contributed by atoms with Crippen LogP contribution in [0.2, 0.25) is 0 Å². The molecule has 0 spiro atoms. The normalized spacial score (nSPS) is 17.8. The molecule has 1 aromatic heterocycles. The summed E-state index contributed by atoms with van der Waals surface area (Å²) in [5, 5.41) is 9.14. The van der Waals surface area contributed by atoms with Gasteiger partial charge in [-0.1, -0.05) is 11.6 Å². The van der Waals surface area contributed by atoms with Crippen molar-refractivity contribution in [3.05, 3.63) is 28.2 Å². The van der Waals surface area contributed by atoms with E-state index in [-0.39, 0.29) is 6.61 Å². The van der Waals surface area contributed by atoms with Crippen LogP contribution in [0.3, 0.4) is 0 Å². The zero-order chi connectivity index (χ0) is 13.3. The van der Waals surface area contributed by atoms with Crippen molar-refractivity contribution in [2.24, 2.45) is 0 Å². The van der Waals surface area contributed by atoms with Crippen molar-refractivity contribution in [1.82, 2.24) is 4.31 Å². The molecule has 18 heavy (non-hydrogen) atoms. The molecule has 2 rings (SSSR count). The molecule has 0 amide bonds. The Morgan fingerprint density at radius 3 is 2.67 bits per heavy atom. The van der Waals surface area contributed by atoms with Gasteiger partial charge in [0.15, 0.2) is 0 Å². The maximum absolute atomic E-state index is 12.4. The third-order valence-corrected chi connectivity index (χ3v) is 6.67. The molecule has 1 aromatic rings. The molecule has 0 aliphatic carbocycles. The van der Waals surface area contributed by atoms with E-state index in [2.05, 4.69) is 0 Å². The maximum Gasteiger partial charge on any atom is 0.252 e. The molecule has 0 unspecified atom stereocenters. The number of thiophene rings is 1. The minimum absolute atomic E-state index is 0.106. The Morgan fingerprint density at radius 2 is 2.17 bits per heavy atom. The van der Waals surface area contributed by atoms with Crippen LogP contribution in [-0.2, 0) is 16.6 Å². The summed E-state index contributed by atoms with van der Waals surface area (Å²) < 4.78 is 26.6. The van der Waals surface area contributed by atoms with Gasteiger partial charge in [-0.05, 0) is 31.9 Å². The molecular formula is C12H17NO3S2. The summed E-state index contributed by atoms with van der Waals surface area (Å²) in [5.41, 5.74) is 2.07. The number of hydrogen-bond donors (Lipinski definition) is 1. The minimum Gasteiger partial charge on any atom is -0.391 e. The van der Waals surface area contributed by atoms with E-state index in [1.807, 2.05) is 19.9 Å². The zero-order valence-electron chi connectivity index (χ0n) is 10.5. The topological polar surface area (TPSA) is 57.6 Å². The number of aliphatic hydroxyl groups excluding tert-OH is 1. The first-order chi connectivity index (χ1) is 8.45. The Kier molecular flexibility index (Phi) is 3.91. The summed E-state index contributed by atoms with van der Waals surface area (Å²) in [5.74, 6) is 0. The van der Waals surface area contributed by atoms with Crippen LogP contribution in [0.15, 0.2) is 21.9 Å². The van der Waals surface area contributed by atoms with E-state index >= 15 is 0 Å². The lowest BCUT2D eigenvalue weighted by molar-refractivity contribution is 0.285. The molecule has 0 fully saturated rings. The van der Waals surface area contributed by atoms with Gasteiger partial charge in [-0.3, -0.25) is 0 Å². The van der Waals surface area contributed by atoms with Crippen LogP contribution in [0.4, 0.5) is 0 Å². The Morgan fingerprint density at radius 1 is 1.44 bits per heavy atom. The number of sulfonamides is 1. The molecule has 0 atom stereocenters. The fourth-order valence-electron chi connectivity index (χ4n) is 1.87. The third kappa shape index (κ3) is 2.51. The molecule has 2 heterocycles. The highest BCUT2D eigenvalue weighted by atomic mass is 32.2. The van der Waals surface area contributed by atoms with Crippen LogP contribution in [0, 0.1) is 6.92 Å². The van der Waals surface area contributed by atoms with E-state index in [4.69, 9.17) is 5.11 Å². The quantitative estimate of drug-likeness (QED) is 0.864. The Bertz CT molecular complexity index is 572. The number of aliphatic hydroxyl groups is 1. The highest BCUT2D eigenvalue weighted by Gasteiger charge is 2.27. The molecule has 100 valence electrons. The van der Waals surface area contributed by atoms with Crippen molar-refractivity contribution >= 4 is 21.4 Å². The first kappa shape index (κ1) is 13.7. The molecule has 0 radical (unpaired) electrons. The predicted molar refractivity (Wildman–Crippen MR) is 72.1 cm³/mol. The van der Waals surface area contributed by atoms with E-state index in [1.54, 1.807) is 6.07 Å². The fourth-order valence-corrected chi connectivity index (χ4v) is 4.86. The molecule has 0 saturated heterocycles. The minimum atomic E-state index is -3.40. The lowest BCUT2D eigenvalue weighted by Crippen LogP contribution is -2.34. The highest BCUT2D eigenvalue weighted by Crippen LogP contribution is 2.29. The maximum atomic E-state index is 12.4. The number of hydrogen-bond acceptors (Lipinski definition) is 4. The average molecular weight is 287 g/mol. The van der Waals surface area contributed by atoms with Crippen LogP contribution in [0.25, 0.3) is 0 Å². The van der Waals surface area contributed by atoms with Crippen molar-refractivity contribution in [3.8, 4) is 0 Å². The van der Waals surface area contributed by atoms with Crippen molar-refractivity contribution in [1.29, 1.82) is 0 Å². The van der Waals surface area contributed by atoms with E-state index in [9.17, 15) is 8.42 Å². The first-order valence-electron chi connectivity index (χ1n) is 5.81. The number of rotatable bonds is 3. The summed E-state index contributed by atoms with van der Waals surface area (Å²) in [6.45, 7) is 4.71. The second-order valence-electron chi connectivity index (χ2n) is 4.49. The SMILES string of the molecule is CC1=CCN(S(=O)(=O)c2cc(C)c(CO)s2)CC1. The molecule has 1 N–H and O–H groups in total. The lowest BCUT2D eigenvalue weighted by atomic mass is 10.1. The van der Waals surface area contributed by atoms with Crippen LogP contribution in [0.5, 0.6) is 0 Å². The molecule has 0 saturated carbocycles. The summed E-state index contributed by atoms with van der Waals surface area (Å²) in [4.78, 5) is 0.720. The van der Waals surface area contributed by atoms with E-state index < -0.39 is 10.0 Å². The third-order valence-electron chi connectivity index (χ3n) is 3.13. The Hall–Kier alpha value is -0.690. The molecule has 1 aliphatic rings. The molecular weight excluding hydrogens is 270 g/mol. The van der Waals surface area contributed by atoms with Crippen LogP contribution >= 0.6 is 11.3 Å². The van der Waals surface area contributed by atoms with Gasteiger partial charge in [0, 0.05) is 18.0 Å². The zero-order valence-corrected chi connectivity index (χ0v) is 12.1. The highest BCUT2D eigenvalue weighted by molar-refractivity contribution is 7.91. The van der Waals surface area contributed by atoms with E-state index in [0.29, 0.717) is 17.3 Å². The Labute approximate surface area is 112 Å². The summed E-state index contributed by atoms with van der Waals surface area (Å²) >= 11 is 1.16. The van der Waals surface area contributed by atoms with Crippen molar-refractivity contribution in [3.63, 3.8) is 0 Å².